The number of carbonyl (C=O) groups is 1. The number of nitrogens with two attached hydrogens (primary N) is 1. The summed E-state index contributed by atoms with van der Waals surface area (Å²) in [5, 5.41) is 3.25. The number of hydrogen-bond acceptors (Lipinski definition) is 4. The van der Waals surface area contributed by atoms with E-state index < -0.39 is 5.91 Å². The number of carbonyl (C=O) groups excluding carboxylic acids is 1. The van der Waals surface area contributed by atoms with Gasteiger partial charge >= 0.3 is 0 Å². The van der Waals surface area contributed by atoms with Crippen LogP contribution in [0.5, 0.6) is 5.75 Å². The van der Waals surface area contributed by atoms with Crippen LogP contribution in [0.25, 0.3) is 0 Å². The number of hydrogen-bond donors (Lipinski definition) is 2. The molecule has 0 saturated carbocycles. The molecule has 0 radical (unpaired) electrons. The third-order valence-electron chi connectivity index (χ3n) is 3.28. The number of para-hydroxylation sites is 1. The van der Waals surface area contributed by atoms with Crippen LogP contribution in [0.2, 0.25) is 0 Å². The summed E-state index contributed by atoms with van der Waals surface area (Å²) < 4.78 is 5.92. The van der Waals surface area contributed by atoms with Crippen molar-refractivity contribution in [1.29, 1.82) is 0 Å². The monoisotopic (exact) mass is 269 g/mol. The topological polar surface area (TPSA) is 77.2 Å². The second kappa shape index (κ2) is 4.85. The Kier molecular flexibility index (Phi) is 3.02. The highest BCUT2D eigenvalue weighted by Crippen LogP contribution is 2.36. The Balaban J connectivity index is 1.95. The van der Waals surface area contributed by atoms with Gasteiger partial charge in [-0.3, -0.25) is 9.78 Å². The van der Waals surface area contributed by atoms with Crippen LogP contribution in [0.3, 0.4) is 0 Å². The first-order chi connectivity index (χ1) is 9.65. The molecule has 5 nitrogen and oxygen atoms in total. The molecule has 20 heavy (non-hydrogen) atoms. The number of ether oxygens (including phenoxy) is 1. The maximum Gasteiger partial charge on any atom is 0.252 e. The van der Waals surface area contributed by atoms with Gasteiger partial charge in [-0.25, -0.2) is 0 Å². The first-order valence-electron chi connectivity index (χ1n) is 6.41. The van der Waals surface area contributed by atoms with Gasteiger partial charge in [0, 0.05) is 6.20 Å². The summed E-state index contributed by atoms with van der Waals surface area (Å²) in [7, 11) is 0. The molecule has 0 bridgehead atoms. The fourth-order valence-corrected chi connectivity index (χ4v) is 2.22. The molecule has 2 heterocycles. The van der Waals surface area contributed by atoms with Gasteiger partial charge in [-0.15, -0.1) is 0 Å². The summed E-state index contributed by atoms with van der Waals surface area (Å²) in [5.41, 5.74) is 8.46. The molecule has 3 rings (SSSR count). The molecular weight excluding hydrogens is 254 g/mol. The van der Waals surface area contributed by atoms with Crippen molar-refractivity contribution < 1.29 is 9.53 Å². The molecule has 5 heteroatoms. The molecule has 1 aromatic heterocycles. The Labute approximate surface area is 116 Å². The van der Waals surface area contributed by atoms with Crippen molar-refractivity contribution in [2.45, 2.75) is 13.0 Å². The van der Waals surface area contributed by atoms with Gasteiger partial charge in [0.05, 0.1) is 23.5 Å². The van der Waals surface area contributed by atoms with E-state index in [1.54, 1.807) is 18.3 Å². The molecule has 0 spiro atoms. The average molecular weight is 269 g/mol. The number of primary amides is 1. The summed E-state index contributed by atoms with van der Waals surface area (Å²) in [4.78, 5) is 15.8. The van der Waals surface area contributed by atoms with E-state index in [0.29, 0.717) is 17.9 Å². The highest BCUT2D eigenvalue weighted by Gasteiger charge is 2.25. The molecule has 0 aliphatic carbocycles. The van der Waals surface area contributed by atoms with Gasteiger partial charge in [0.25, 0.3) is 5.91 Å². The number of fused-ring (bicyclic) bond motifs is 1. The molecule has 1 unspecified atom stereocenters. The summed E-state index contributed by atoms with van der Waals surface area (Å²) in [6, 6.07) is 9.22. The van der Waals surface area contributed by atoms with E-state index in [9.17, 15) is 4.79 Å². The molecule has 1 atom stereocenters. The third-order valence-corrected chi connectivity index (χ3v) is 3.28. The Morgan fingerprint density at radius 1 is 1.40 bits per heavy atom. The van der Waals surface area contributed by atoms with Crippen LogP contribution in [0.4, 0.5) is 5.69 Å². The average Bonchev–Trinajstić information content (AvgIpc) is 2.46. The lowest BCUT2D eigenvalue weighted by Crippen LogP contribution is -2.26. The van der Waals surface area contributed by atoms with Crippen molar-refractivity contribution in [3.63, 3.8) is 0 Å². The van der Waals surface area contributed by atoms with Crippen LogP contribution >= 0.6 is 0 Å². The van der Waals surface area contributed by atoms with Crippen molar-refractivity contribution in [3.05, 3.63) is 53.3 Å². The van der Waals surface area contributed by atoms with E-state index in [-0.39, 0.29) is 6.10 Å². The second-order valence-electron chi connectivity index (χ2n) is 4.79. The molecule has 2 aromatic rings. The Bertz CT molecular complexity index is 653. The normalized spacial score (nSPS) is 16.8. The molecule has 1 aromatic carbocycles. The molecule has 1 aliphatic rings. The van der Waals surface area contributed by atoms with Crippen LogP contribution in [0, 0.1) is 6.92 Å². The van der Waals surface area contributed by atoms with Crippen LogP contribution in [0.1, 0.15) is 27.7 Å². The lowest BCUT2D eigenvalue weighted by molar-refractivity contribution is 0.0992. The lowest BCUT2D eigenvalue weighted by atomic mass is 10.1. The van der Waals surface area contributed by atoms with E-state index in [2.05, 4.69) is 10.3 Å². The highest BCUT2D eigenvalue weighted by atomic mass is 16.5. The van der Waals surface area contributed by atoms with Crippen molar-refractivity contribution in [3.8, 4) is 5.75 Å². The quantitative estimate of drug-likeness (QED) is 0.874. The summed E-state index contributed by atoms with van der Waals surface area (Å²) >= 11 is 0. The van der Waals surface area contributed by atoms with Crippen molar-refractivity contribution in [1.82, 2.24) is 4.98 Å². The number of aryl methyl sites for hydroxylation is 1. The van der Waals surface area contributed by atoms with Gasteiger partial charge in [0.1, 0.15) is 0 Å². The Morgan fingerprint density at radius 3 is 2.95 bits per heavy atom. The minimum absolute atomic E-state index is 0.233. The Morgan fingerprint density at radius 2 is 2.25 bits per heavy atom. The predicted molar refractivity (Wildman–Crippen MR) is 75.8 cm³/mol. The number of nitrogens with zero attached hydrogens (tertiary/aromatic N) is 1. The molecule has 102 valence electrons. The highest BCUT2D eigenvalue weighted by molar-refractivity contribution is 5.97. The first kappa shape index (κ1) is 12.5. The van der Waals surface area contributed by atoms with Crippen molar-refractivity contribution >= 4 is 11.6 Å². The standard InChI is InChI=1S/C15H15N3O2/c1-9-5-6-11(17-7-9)13-8-18-12-4-2-3-10(15(16)19)14(12)20-13/h2-7,13,18H,8H2,1H3,(H2,16,19). The van der Waals surface area contributed by atoms with E-state index in [1.165, 1.54) is 0 Å². The zero-order chi connectivity index (χ0) is 14.1. The maximum absolute atomic E-state index is 11.5. The minimum atomic E-state index is -0.499. The Hall–Kier alpha value is -2.56. The molecule has 1 amide bonds. The van der Waals surface area contributed by atoms with E-state index >= 15 is 0 Å². The van der Waals surface area contributed by atoms with Gasteiger partial charge in [-0.2, -0.15) is 0 Å². The number of amides is 1. The maximum atomic E-state index is 11.5. The lowest BCUT2D eigenvalue weighted by Gasteiger charge is -2.28. The zero-order valence-electron chi connectivity index (χ0n) is 11.1. The molecule has 1 aliphatic heterocycles. The fourth-order valence-electron chi connectivity index (χ4n) is 2.22. The summed E-state index contributed by atoms with van der Waals surface area (Å²) in [6.45, 7) is 2.59. The van der Waals surface area contributed by atoms with Crippen molar-refractivity contribution in [2.75, 3.05) is 11.9 Å². The number of aromatic nitrogens is 1. The SMILES string of the molecule is Cc1ccc(C2CNc3cccc(C(N)=O)c3O2)nc1. The van der Waals surface area contributed by atoms with E-state index in [1.807, 2.05) is 25.1 Å². The summed E-state index contributed by atoms with van der Waals surface area (Å²) in [5.74, 6) is -0.000194. The molecular formula is C15H15N3O2. The zero-order valence-corrected chi connectivity index (χ0v) is 11.1. The minimum Gasteiger partial charge on any atom is -0.479 e. The van der Waals surface area contributed by atoms with E-state index in [4.69, 9.17) is 10.5 Å². The number of pyridine rings is 1. The van der Waals surface area contributed by atoms with Gasteiger partial charge in [-0.05, 0) is 30.7 Å². The van der Waals surface area contributed by atoms with Gasteiger partial charge in [0.2, 0.25) is 0 Å². The van der Waals surface area contributed by atoms with Crippen LogP contribution in [0.15, 0.2) is 36.5 Å². The number of nitrogens with one attached hydrogen (secondary N) is 1. The number of rotatable bonds is 2. The van der Waals surface area contributed by atoms with Gasteiger partial charge in [0.15, 0.2) is 11.9 Å². The van der Waals surface area contributed by atoms with Crippen LogP contribution < -0.4 is 15.8 Å². The largest absolute Gasteiger partial charge is 0.479 e. The molecule has 0 fully saturated rings. The van der Waals surface area contributed by atoms with Crippen LogP contribution in [-0.4, -0.2) is 17.4 Å². The summed E-state index contributed by atoms with van der Waals surface area (Å²) in [6.07, 6.45) is 1.57. The molecule has 0 saturated heterocycles. The van der Waals surface area contributed by atoms with Gasteiger partial charge < -0.3 is 15.8 Å². The van der Waals surface area contributed by atoms with Crippen molar-refractivity contribution in [2.24, 2.45) is 5.73 Å². The predicted octanol–water partition coefficient (Wildman–Crippen LogP) is 2.03. The third kappa shape index (κ3) is 2.18. The van der Waals surface area contributed by atoms with E-state index in [0.717, 1.165) is 16.9 Å². The van der Waals surface area contributed by atoms with Crippen LogP contribution in [-0.2, 0) is 0 Å². The van der Waals surface area contributed by atoms with Gasteiger partial charge in [-0.1, -0.05) is 12.1 Å². The smallest absolute Gasteiger partial charge is 0.252 e. The number of benzene rings is 1. The molecule has 3 N–H and O–H groups in total. The fraction of sp³-hybridized carbons (Fsp3) is 0.200. The number of anilines is 1. The second-order valence-corrected chi connectivity index (χ2v) is 4.79. The first-order valence-corrected chi connectivity index (χ1v) is 6.41.